The molecule has 1 aromatic carbocycles. The van der Waals surface area contributed by atoms with E-state index in [1.54, 1.807) is 18.2 Å². The van der Waals surface area contributed by atoms with Gasteiger partial charge in [-0.05, 0) is 47.5 Å². The van der Waals surface area contributed by atoms with Crippen LogP contribution >= 0.6 is 43.5 Å². The van der Waals surface area contributed by atoms with Crippen LogP contribution in [0.1, 0.15) is 30.6 Å². The average molecular weight is 384 g/mol. The summed E-state index contributed by atoms with van der Waals surface area (Å²) in [5.41, 5.74) is 0.576. The lowest BCUT2D eigenvalue weighted by atomic mass is 10.1. The van der Waals surface area contributed by atoms with Crippen LogP contribution in [0.4, 0.5) is 0 Å². The predicted molar refractivity (Wildman–Crippen MR) is 79.1 cm³/mol. The van der Waals surface area contributed by atoms with Crippen LogP contribution < -0.4 is 5.32 Å². The van der Waals surface area contributed by atoms with Crippen molar-refractivity contribution >= 4 is 49.4 Å². The molecular weight excluding hydrogens is 369 g/mol. The van der Waals surface area contributed by atoms with Crippen LogP contribution in [0.5, 0.6) is 0 Å². The van der Waals surface area contributed by atoms with Gasteiger partial charge in [-0.15, -0.1) is 0 Å². The maximum Gasteiger partial charge on any atom is 0.251 e. The van der Waals surface area contributed by atoms with Gasteiger partial charge in [-0.1, -0.05) is 34.5 Å². The molecular formula is C12H14Br2ClNO. The quantitative estimate of drug-likeness (QED) is 0.768. The smallest absolute Gasteiger partial charge is 0.251 e. The highest BCUT2D eigenvalue weighted by molar-refractivity contribution is 9.10. The van der Waals surface area contributed by atoms with Crippen LogP contribution in [0.25, 0.3) is 0 Å². The first-order valence-corrected chi connectivity index (χ1v) is 7.38. The Bertz CT molecular complexity index is 409. The Morgan fingerprint density at radius 2 is 2.12 bits per heavy atom. The summed E-state index contributed by atoms with van der Waals surface area (Å²) in [5, 5.41) is 3.47. The van der Waals surface area contributed by atoms with E-state index in [2.05, 4.69) is 44.1 Å². The number of benzene rings is 1. The minimum atomic E-state index is -0.0972. The molecule has 0 radical (unpaired) electrons. The van der Waals surface area contributed by atoms with Crippen molar-refractivity contribution in [1.29, 1.82) is 0 Å². The zero-order valence-electron chi connectivity index (χ0n) is 9.64. The van der Waals surface area contributed by atoms with E-state index in [4.69, 9.17) is 11.6 Å². The molecule has 1 N–H and O–H groups in total. The van der Waals surface area contributed by atoms with Crippen molar-refractivity contribution in [3.05, 3.63) is 33.3 Å². The summed E-state index contributed by atoms with van der Waals surface area (Å²) in [7, 11) is 0. The molecule has 2 nitrogen and oxygen atoms in total. The van der Waals surface area contributed by atoms with Gasteiger partial charge >= 0.3 is 0 Å². The SMILES string of the molecule is CC(Br)CC(C)NC(=O)c1ccc(Br)c(Cl)c1. The number of halogens is 3. The third kappa shape index (κ3) is 4.98. The first-order chi connectivity index (χ1) is 7.90. The molecule has 0 aromatic heterocycles. The lowest BCUT2D eigenvalue weighted by Gasteiger charge is -2.15. The monoisotopic (exact) mass is 381 g/mol. The molecule has 17 heavy (non-hydrogen) atoms. The van der Waals surface area contributed by atoms with Gasteiger partial charge in [-0.2, -0.15) is 0 Å². The number of amides is 1. The van der Waals surface area contributed by atoms with Gasteiger partial charge in [0.2, 0.25) is 0 Å². The molecule has 0 bridgehead atoms. The summed E-state index contributed by atoms with van der Waals surface area (Å²) in [6.45, 7) is 4.04. The Morgan fingerprint density at radius 1 is 1.47 bits per heavy atom. The van der Waals surface area contributed by atoms with Gasteiger partial charge in [0.1, 0.15) is 0 Å². The van der Waals surface area contributed by atoms with Gasteiger partial charge in [0, 0.05) is 20.9 Å². The minimum Gasteiger partial charge on any atom is -0.350 e. The van der Waals surface area contributed by atoms with Gasteiger partial charge < -0.3 is 5.32 Å². The van der Waals surface area contributed by atoms with E-state index in [9.17, 15) is 4.79 Å². The molecule has 5 heteroatoms. The van der Waals surface area contributed by atoms with Crippen molar-refractivity contribution in [1.82, 2.24) is 5.32 Å². The third-order valence-corrected chi connectivity index (χ3v) is 3.84. The first kappa shape index (κ1) is 15.0. The normalized spacial score (nSPS) is 14.2. The number of hydrogen-bond donors (Lipinski definition) is 1. The van der Waals surface area contributed by atoms with Crippen LogP contribution in [0.2, 0.25) is 5.02 Å². The van der Waals surface area contributed by atoms with Crippen molar-refractivity contribution in [3.8, 4) is 0 Å². The van der Waals surface area contributed by atoms with E-state index in [0.717, 1.165) is 10.9 Å². The molecule has 0 aliphatic rings. The van der Waals surface area contributed by atoms with Gasteiger partial charge in [-0.25, -0.2) is 0 Å². The number of alkyl halides is 1. The van der Waals surface area contributed by atoms with Crippen LogP contribution in [0.3, 0.4) is 0 Å². The lowest BCUT2D eigenvalue weighted by molar-refractivity contribution is 0.0938. The summed E-state index contributed by atoms with van der Waals surface area (Å²) < 4.78 is 0.790. The van der Waals surface area contributed by atoms with E-state index >= 15 is 0 Å². The molecule has 0 spiro atoms. The topological polar surface area (TPSA) is 29.1 Å². The fourth-order valence-corrected chi connectivity index (χ4v) is 2.48. The number of hydrogen-bond acceptors (Lipinski definition) is 1. The zero-order chi connectivity index (χ0) is 13.0. The summed E-state index contributed by atoms with van der Waals surface area (Å²) in [6.07, 6.45) is 0.885. The van der Waals surface area contributed by atoms with Crippen LogP contribution in [-0.4, -0.2) is 16.8 Å². The Hall–Kier alpha value is -0.0600. The lowest BCUT2D eigenvalue weighted by Crippen LogP contribution is -2.33. The fourth-order valence-electron chi connectivity index (χ4n) is 1.49. The first-order valence-electron chi connectivity index (χ1n) is 5.30. The molecule has 0 aliphatic heterocycles. The van der Waals surface area contributed by atoms with Crippen LogP contribution in [-0.2, 0) is 0 Å². The maximum absolute atomic E-state index is 11.9. The second-order valence-electron chi connectivity index (χ2n) is 4.02. The second-order valence-corrected chi connectivity index (χ2v) is 6.84. The summed E-state index contributed by atoms with van der Waals surface area (Å²) in [6, 6.07) is 5.30. The highest BCUT2D eigenvalue weighted by atomic mass is 79.9. The number of nitrogens with one attached hydrogen (secondary N) is 1. The molecule has 1 amide bonds. The van der Waals surface area contributed by atoms with Crippen LogP contribution in [0, 0.1) is 0 Å². The van der Waals surface area contributed by atoms with E-state index in [1.165, 1.54) is 0 Å². The van der Waals surface area contributed by atoms with Crippen molar-refractivity contribution in [2.45, 2.75) is 31.1 Å². The molecule has 0 heterocycles. The molecule has 0 aliphatic carbocycles. The van der Waals surface area contributed by atoms with Crippen LogP contribution in [0.15, 0.2) is 22.7 Å². The highest BCUT2D eigenvalue weighted by Gasteiger charge is 2.12. The fraction of sp³-hybridized carbons (Fsp3) is 0.417. The highest BCUT2D eigenvalue weighted by Crippen LogP contribution is 2.23. The molecule has 94 valence electrons. The maximum atomic E-state index is 11.9. The molecule has 0 fully saturated rings. The van der Waals surface area contributed by atoms with E-state index in [-0.39, 0.29) is 11.9 Å². The summed E-state index contributed by atoms with van der Waals surface area (Å²) in [5.74, 6) is -0.0972. The van der Waals surface area contributed by atoms with Gasteiger partial charge in [0.25, 0.3) is 5.91 Å². The van der Waals surface area contributed by atoms with Crippen molar-refractivity contribution in [2.75, 3.05) is 0 Å². The second kappa shape index (κ2) is 6.76. The van der Waals surface area contributed by atoms with E-state index < -0.39 is 0 Å². The number of rotatable bonds is 4. The molecule has 0 saturated heterocycles. The van der Waals surface area contributed by atoms with Gasteiger partial charge in [-0.3, -0.25) is 4.79 Å². The van der Waals surface area contributed by atoms with Crippen molar-refractivity contribution in [2.24, 2.45) is 0 Å². The Kier molecular flexibility index (Phi) is 5.97. The molecule has 1 rings (SSSR count). The largest absolute Gasteiger partial charge is 0.350 e. The van der Waals surface area contributed by atoms with Crippen molar-refractivity contribution in [3.63, 3.8) is 0 Å². The standard InChI is InChI=1S/C12H14Br2ClNO/c1-7(13)5-8(2)16-12(17)9-3-4-10(14)11(15)6-9/h3-4,6-8H,5H2,1-2H3,(H,16,17). The minimum absolute atomic E-state index is 0.0972. The van der Waals surface area contributed by atoms with Crippen molar-refractivity contribution < 1.29 is 4.79 Å². The summed E-state index contributed by atoms with van der Waals surface area (Å²) >= 11 is 12.7. The third-order valence-electron chi connectivity index (χ3n) is 2.24. The van der Waals surface area contributed by atoms with Gasteiger partial charge in [0.05, 0.1) is 5.02 Å². The molecule has 2 atom stereocenters. The Morgan fingerprint density at radius 3 is 2.65 bits per heavy atom. The number of carbonyl (C=O) groups excluding carboxylic acids is 1. The van der Waals surface area contributed by atoms with E-state index in [1.807, 2.05) is 6.92 Å². The average Bonchev–Trinajstić information content (AvgIpc) is 2.20. The van der Waals surface area contributed by atoms with E-state index in [0.29, 0.717) is 15.4 Å². The molecule has 2 unspecified atom stereocenters. The zero-order valence-corrected chi connectivity index (χ0v) is 13.6. The van der Waals surface area contributed by atoms with Gasteiger partial charge in [0.15, 0.2) is 0 Å². The number of carbonyl (C=O) groups is 1. The Balaban J connectivity index is 2.66. The molecule has 0 saturated carbocycles. The predicted octanol–water partition coefficient (Wildman–Crippen LogP) is 4.39. The Labute approximate surface area is 123 Å². The summed E-state index contributed by atoms with van der Waals surface area (Å²) in [4.78, 5) is 12.3. The molecule has 1 aromatic rings.